The molecule has 0 aromatic rings. The van der Waals surface area contributed by atoms with Crippen molar-refractivity contribution in [1.29, 1.82) is 0 Å². The first-order valence-corrected chi connectivity index (χ1v) is 7.32. The third kappa shape index (κ3) is 2.05. The SMILES string of the molecule is CC1CCN(C2CC(C)N(C3CC3)C2)C1C(=O)O. The van der Waals surface area contributed by atoms with Crippen molar-refractivity contribution in [1.82, 2.24) is 9.80 Å². The number of rotatable bonds is 3. The van der Waals surface area contributed by atoms with Gasteiger partial charge in [-0.25, -0.2) is 0 Å². The molecule has 1 aliphatic carbocycles. The average molecular weight is 252 g/mol. The standard InChI is InChI=1S/C14H24N2O2/c1-9-5-6-15(13(9)14(17)18)12-7-10(2)16(8-12)11-3-4-11/h9-13H,3-8H2,1-2H3,(H,17,18). The summed E-state index contributed by atoms with van der Waals surface area (Å²) < 4.78 is 0. The zero-order valence-electron chi connectivity index (χ0n) is 11.4. The lowest BCUT2D eigenvalue weighted by molar-refractivity contribution is -0.144. The van der Waals surface area contributed by atoms with E-state index in [2.05, 4.69) is 23.6 Å². The first-order chi connectivity index (χ1) is 8.58. The largest absolute Gasteiger partial charge is 0.480 e. The van der Waals surface area contributed by atoms with E-state index in [1.165, 1.54) is 12.8 Å². The summed E-state index contributed by atoms with van der Waals surface area (Å²) in [5, 5.41) is 9.41. The molecule has 0 aromatic carbocycles. The molecule has 1 N–H and O–H groups in total. The van der Waals surface area contributed by atoms with Gasteiger partial charge in [0.15, 0.2) is 0 Å². The van der Waals surface area contributed by atoms with E-state index in [1.54, 1.807) is 0 Å². The average Bonchev–Trinajstić information content (AvgIpc) is 2.96. The highest BCUT2D eigenvalue weighted by Crippen LogP contribution is 2.37. The fourth-order valence-corrected chi connectivity index (χ4v) is 3.95. The summed E-state index contributed by atoms with van der Waals surface area (Å²) in [6.45, 7) is 6.43. The van der Waals surface area contributed by atoms with Crippen molar-refractivity contribution >= 4 is 5.97 Å². The molecule has 2 aliphatic heterocycles. The second-order valence-electron chi connectivity index (χ2n) is 6.45. The number of hydrogen-bond acceptors (Lipinski definition) is 3. The van der Waals surface area contributed by atoms with Crippen LogP contribution in [0.5, 0.6) is 0 Å². The normalized spacial score (nSPS) is 42.6. The van der Waals surface area contributed by atoms with Crippen LogP contribution in [0.25, 0.3) is 0 Å². The van der Waals surface area contributed by atoms with E-state index in [9.17, 15) is 9.90 Å². The summed E-state index contributed by atoms with van der Waals surface area (Å²) in [7, 11) is 0. The third-order valence-electron chi connectivity index (χ3n) is 5.08. The van der Waals surface area contributed by atoms with Gasteiger partial charge in [-0.2, -0.15) is 0 Å². The summed E-state index contributed by atoms with van der Waals surface area (Å²) >= 11 is 0. The Morgan fingerprint density at radius 3 is 2.44 bits per heavy atom. The molecule has 3 rings (SSSR count). The Balaban J connectivity index is 1.69. The van der Waals surface area contributed by atoms with Gasteiger partial charge in [0.2, 0.25) is 0 Å². The quantitative estimate of drug-likeness (QED) is 0.825. The molecule has 0 amide bonds. The Kier molecular flexibility index (Phi) is 3.10. The van der Waals surface area contributed by atoms with E-state index < -0.39 is 5.97 Å². The van der Waals surface area contributed by atoms with E-state index in [1.807, 2.05) is 0 Å². The van der Waals surface area contributed by atoms with Crippen LogP contribution in [0.15, 0.2) is 0 Å². The predicted octanol–water partition coefficient (Wildman–Crippen LogP) is 1.41. The van der Waals surface area contributed by atoms with E-state index in [4.69, 9.17) is 0 Å². The van der Waals surface area contributed by atoms with Crippen molar-refractivity contribution in [3.8, 4) is 0 Å². The van der Waals surface area contributed by atoms with Gasteiger partial charge < -0.3 is 5.11 Å². The second kappa shape index (κ2) is 4.49. The van der Waals surface area contributed by atoms with Gasteiger partial charge in [-0.3, -0.25) is 14.6 Å². The van der Waals surface area contributed by atoms with Gasteiger partial charge >= 0.3 is 5.97 Å². The molecule has 4 nitrogen and oxygen atoms in total. The molecule has 4 heteroatoms. The van der Waals surface area contributed by atoms with Crippen LogP contribution in [0, 0.1) is 5.92 Å². The molecule has 3 aliphatic rings. The summed E-state index contributed by atoms with van der Waals surface area (Å²) in [6, 6.07) is 1.65. The first kappa shape index (κ1) is 12.4. The Hall–Kier alpha value is -0.610. The van der Waals surface area contributed by atoms with Crippen LogP contribution < -0.4 is 0 Å². The smallest absolute Gasteiger partial charge is 0.321 e. The van der Waals surface area contributed by atoms with Gasteiger partial charge in [0.05, 0.1) is 0 Å². The maximum Gasteiger partial charge on any atom is 0.321 e. The third-order valence-corrected chi connectivity index (χ3v) is 5.08. The summed E-state index contributed by atoms with van der Waals surface area (Å²) in [6.07, 6.45) is 4.86. The highest BCUT2D eigenvalue weighted by molar-refractivity contribution is 5.74. The molecule has 2 heterocycles. The van der Waals surface area contributed by atoms with Crippen LogP contribution in [0.3, 0.4) is 0 Å². The fraction of sp³-hybridized carbons (Fsp3) is 0.929. The maximum absolute atomic E-state index is 11.4. The molecule has 0 aromatic heterocycles. The zero-order chi connectivity index (χ0) is 12.9. The van der Waals surface area contributed by atoms with Crippen molar-refractivity contribution in [3.05, 3.63) is 0 Å². The molecule has 0 spiro atoms. The zero-order valence-corrected chi connectivity index (χ0v) is 11.4. The number of carboxylic acids is 1. The Morgan fingerprint density at radius 2 is 1.83 bits per heavy atom. The molecule has 0 bridgehead atoms. The molecule has 2 saturated heterocycles. The van der Waals surface area contributed by atoms with Gasteiger partial charge in [0, 0.05) is 24.7 Å². The molecular formula is C14H24N2O2. The summed E-state index contributed by atoms with van der Waals surface area (Å²) in [4.78, 5) is 16.3. The number of likely N-dealkylation sites (tertiary alicyclic amines) is 2. The van der Waals surface area contributed by atoms with Crippen LogP contribution in [-0.2, 0) is 4.79 Å². The van der Waals surface area contributed by atoms with Crippen LogP contribution >= 0.6 is 0 Å². The van der Waals surface area contributed by atoms with E-state index >= 15 is 0 Å². The lowest BCUT2D eigenvalue weighted by atomic mass is 10.0. The highest BCUT2D eigenvalue weighted by atomic mass is 16.4. The van der Waals surface area contributed by atoms with Crippen molar-refractivity contribution < 1.29 is 9.90 Å². The molecule has 3 fully saturated rings. The lowest BCUT2D eigenvalue weighted by Crippen LogP contribution is -2.46. The van der Waals surface area contributed by atoms with E-state index in [0.717, 1.165) is 32.0 Å². The molecular weight excluding hydrogens is 228 g/mol. The second-order valence-corrected chi connectivity index (χ2v) is 6.45. The number of aliphatic carboxylic acids is 1. The Labute approximate surface area is 109 Å². The highest BCUT2D eigenvalue weighted by Gasteiger charge is 2.46. The monoisotopic (exact) mass is 252 g/mol. The van der Waals surface area contributed by atoms with Crippen molar-refractivity contribution in [3.63, 3.8) is 0 Å². The fourth-order valence-electron chi connectivity index (χ4n) is 3.95. The van der Waals surface area contributed by atoms with Crippen molar-refractivity contribution in [2.24, 2.45) is 5.92 Å². The van der Waals surface area contributed by atoms with Crippen LogP contribution in [-0.4, -0.2) is 58.1 Å². The summed E-state index contributed by atoms with van der Waals surface area (Å²) in [5.74, 6) is -0.328. The predicted molar refractivity (Wildman–Crippen MR) is 69.5 cm³/mol. The van der Waals surface area contributed by atoms with Gasteiger partial charge in [0.25, 0.3) is 0 Å². The van der Waals surface area contributed by atoms with Gasteiger partial charge in [0.1, 0.15) is 6.04 Å². The van der Waals surface area contributed by atoms with Crippen LogP contribution in [0.1, 0.15) is 39.5 Å². The lowest BCUT2D eigenvalue weighted by Gasteiger charge is -2.29. The van der Waals surface area contributed by atoms with E-state index in [0.29, 0.717) is 18.0 Å². The van der Waals surface area contributed by atoms with Crippen molar-refractivity contribution in [2.75, 3.05) is 13.1 Å². The topological polar surface area (TPSA) is 43.8 Å². The molecule has 102 valence electrons. The number of carbonyl (C=O) groups is 1. The van der Waals surface area contributed by atoms with Crippen LogP contribution in [0.2, 0.25) is 0 Å². The van der Waals surface area contributed by atoms with Gasteiger partial charge in [-0.05, 0) is 45.1 Å². The summed E-state index contributed by atoms with van der Waals surface area (Å²) in [5.41, 5.74) is 0. The van der Waals surface area contributed by atoms with Gasteiger partial charge in [-0.1, -0.05) is 6.92 Å². The molecule has 18 heavy (non-hydrogen) atoms. The van der Waals surface area contributed by atoms with Gasteiger partial charge in [-0.15, -0.1) is 0 Å². The number of hydrogen-bond donors (Lipinski definition) is 1. The first-order valence-electron chi connectivity index (χ1n) is 7.32. The maximum atomic E-state index is 11.4. The Morgan fingerprint density at radius 1 is 1.11 bits per heavy atom. The Bertz CT molecular complexity index is 343. The minimum atomic E-state index is -0.627. The minimum absolute atomic E-state index is 0.249. The molecule has 4 atom stereocenters. The van der Waals surface area contributed by atoms with Crippen molar-refractivity contribution in [2.45, 2.75) is 63.7 Å². The minimum Gasteiger partial charge on any atom is -0.480 e. The molecule has 1 saturated carbocycles. The molecule has 4 unspecified atom stereocenters. The van der Waals surface area contributed by atoms with E-state index in [-0.39, 0.29) is 6.04 Å². The number of carboxylic acid groups (broad SMARTS) is 1. The van der Waals surface area contributed by atoms with Crippen LogP contribution in [0.4, 0.5) is 0 Å². The molecule has 0 radical (unpaired) electrons. The number of nitrogens with zero attached hydrogens (tertiary/aromatic N) is 2.